The molecule has 0 unspecified atom stereocenters. The van der Waals surface area contributed by atoms with Crippen LogP contribution in [0.5, 0.6) is 5.88 Å². The highest BCUT2D eigenvalue weighted by Crippen LogP contribution is 2.69. The fourth-order valence-electron chi connectivity index (χ4n) is 9.37. The molecule has 13 heteroatoms. The Balaban J connectivity index is 0.803. The summed E-state index contributed by atoms with van der Waals surface area (Å²) in [7, 11) is 1.93. The summed E-state index contributed by atoms with van der Waals surface area (Å²) in [6.45, 7) is 9.79. The highest BCUT2D eigenvalue weighted by Gasteiger charge is 2.72. The number of pyridine rings is 1. The number of fused-ring (bicyclic) bond motifs is 1. The summed E-state index contributed by atoms with van der Waals surface area (Å²) in [5, 5.41) is 13.2. The van der Waals surface area contributed by atoms with Gasteiger partial charge in [-0.2, -0.15) is 10.2 Å². The monoisotopic (exact) mass is 664 g/mol. The molecule has 6 aliphatic rings. The number of aromatic amines is 1. The second-order valence-electron chi connectivity index (χ2n) is 15.4. The van der Waals surface area contributed by atoms with Crippen molar-refractivity contribution in [2.24, 2.45) is 12.5 Å². The molecule has 256 valence electrons. The van der Waals surface area contributed by atoms with E-state index in [0.29, 0.717) is 25.5 Å². The van der Waals surface area contributed by atoms with Crippen LogP contribution in [0.4, 0.5) is 5.69 Å². The summed E-state index contributed by atoms with van der Waals surface area (Å²) in [5.74, 6) is 1.92. The van der Waals surface area contributed by atoms with Crippen LogP contribution in [-0.4, -0.2) is 120 Å². The molecule has 0 radical (unpaired) electrons. The molecule has 49 heavy (non-hydrogen) atoms. The Bertz CT molecular complexity index is 1910. The van der Waals surface area contributed by atoms with E-state index in [4.69, 9.17) is 4.74 Å². The summed E-state index contributed by atoms with van der Waals surface area (Å²) in [4.78, 5) is 45.3. The molecule has 2 amide bonds. The lowest BCUT2D eigenvalue weighted by Crippen LogP contribution is -2.78. The van der Waals surface area contributed by atoms with Gasteiger partial charge < -0.3 is 14.5 Å². The van der Waals surface area contributed by atoms with Gasteiger partial charge >= 0.3 is 0 Å². The van der Waals surface area contributed by atoms with Crippen LogP contribution in [0.1, 0.15) is 51.8 Å². The van der Waals surface area contributed by atoms with Crippen molar-refractivity contribution in [3.05, 3.63) is 48.7 Å². The first-order valence-corrected chi connectivity index (χ1v) is 17.7. The maximum absolute atomic E-state index is 14.0. The number of H-pyrrole nitrogens is 1. The molecule has 1 spiro atoms. The molecule has 3 aliphatic carbocycles. The number of anilines is 1. The van der Waals surface area contributed by atoms with Gasteiger partial charge in [0.05, 0.1) is 23.6 Å². The number of carbonyl (C=O) groups is 2. The molecule has 10 rings (SSSR count). The number of ether oxygens (including phenoxy) is 1. The van der Waals surface area contributed by atoms with E-state index in [9.17, 15) is 9.59 Å². The van der Waals surface area contributed by atoms with Crippen molar-refractivity contribution in [3.8, 4) is 17.1 Å². The third kappa shape index (κ3) is 4.95. The van der Waals surface area contributed by atoms with Crippen LogP contribution in [0.2, 0.25) is 0 Å². The van der Waals surface area contributed by atoms with Crippen molar-refractivity contribution < 1.29 is 14.3 Å². The number of hydrogen-bond acceptors (Lipinski definition) is 9. The Morgan fingerprint density at radius 3 is 2.49 bits per heavy atom. The molecule has 2 bridgehead atoms. The molecule has 3 saturated heterocycles. The standard InChI is InChI=1S/C36H44N10O3/c1-24(2)49-29-7-4-25(17-37-29)31-27-16-26(5-6-28(27)39-40-31)46-11-9-34(33(46)48)8-10-43(22-34)18-30(47)44-12-14-45(15-13-44)36-19-35(20-36,21-36)32-38-23-42(3)41-32/h4-7,16-17,23-24H,8-15,18-22H2,1-3H3,(H,39,40)/t34-,35?,36?/m0/s1. The molecule has 3 saturated carbocycles. The van der Waals surface area contributed by atoms with Gasteiger partial charge in [0.25, 0.3) is 0 Å². The Kier molecular flexibility index (Phi) is 6.93. The summed E-state index contributed by atoms with van der Waals surface area (Å²) in [6.07, 6.45) is 8.61. The van der Waals surface area contributed by atoms with Crippen molar-refractivity contribution in [1.29, 1.82) is 0 Å². The van der Waals surface area contributed by atoms with Crippen LogP contribution < -0.4 is 9.64 Å². The minimum Gasteiger partial charge on any atom is -0.475 e. The summed E-state index contributed by atoms with van der Waals surface area (Å²) in [5.41, 5.74) is 3.48. The normalized spacial score (nSPS) is 28.5. The van der Waals surface area contributed by atoms with Gasteiger partial charge in [0.2, 0.25) is 17.7 Å². The Morgan fingerprint density at radius 1 is 0.980 bits per heavy atom. The average Bonchev–Trinajstić information content (AvgIpc) is 3.84. The molecular weight excluding hydrogens is 620 g/mol. The molecule has 6 heterocycles. The lowest BCUT2D eigenvalue weighted by Gasteiger charge is -2.73. The molecule has 3 aliphatic heterocycles. The van der Waals surface area contributed by atoms with Crippen LogP contribution in [0.3, 0.4) is 0 Å². The number of rotatable bonds is 8. The zero-order chi connectivity index (χ0) is 33.5. The first-order chi connectivity index (χ1) is 23.6. The SMILES string of the molecule is CC(C)Oc1ccc(-c2n[nH]c3ccc(N4CC[C@]5(CCN(CC(=O)N6CCN(C78CC(c9ncn(C)n9)(C7)C8)CC6)C5)C4=O)cc23)cn1. The van der Waals surface area contributed by atoms with Crippen molar-refractivity contribution in [1.82, 2.24) is 44.6 Å². The van der Waals surface area contributed by atoms with Crippen LogP contribution in [0.15, 0.2) is 42.9 Å². The van der Waals surface area contributed by atoms with Crippen LogP contribution in [0, 0.1) is 5.41 Å². The maximum atomic E-state index is 14.0. The zero-order valence-electron chi connectivity index (χ0n) is 28.6. The quantitative estimate of drug-likeness (QED) is 0.302. The summed E-state index contributed by atoms with van der Waals surface area (Å²) < 4.78 is 7.50. The third-order valence-electron chi connectivity index (χ3n) is 11.9. The average molecular weight is 665 g/mol. The van der Waals surface area contributed by atoms with E-state index >= 15 is 0 Å². The predicted molar refractivity (Wildman–Crippen MR) is 183 cm³/mol. The first kappa shape index (κ1) is 30.7. The minimum atomic E-state index is -0.439. The zero-order valence-corrected chi connectivity index (χ0v) is 28.6. The number of hydrogen-bond donors (Lipinski definition) is 1. The van der Waals surface area contributed by atoms with Gasteiger partial charge in [0, 0.05) is 86.2 Å². The number of likely N-dealkylation sites (tertiary alicyclic amines) is 1. The van der Waals surface area contributed by atoms with Gasteiger partial charge in [-0.05, 0) is 76.8 Å². The first-order valence-electron chi connectivity index (χ1n) is 17.7. The molecule has 6 fully saturated rings. The molecule has 3 aromatic heterocycles. The number of nitrogens with zero attached hydrogens (tertiary/aromatic N) is 9. The van der Waals surface area contributed by atoms with Gasteiger partial charge in [0.15, 0.2) is 5.82 Å². The fraction of sp³-hybridized carbons (Fsp3) is 0.556. The molecular formula is C36H44N10O3. The minimum absolute atomic E-state index is 0.0508. The number of aromatic nitrogens is 6. The second kappa shape index (κ2) is 11.1. The van der Waals surface area contributed by atoms with Crippen molar-refractivity contribution in [2.75, 3.05) is 57.3 Å². The molecule has 1 N–H and O–H groups in total. The van der Waals surface area contributed by atoms with E-state index in [2.05, 4.69) is 41.1 Å². The van der Waals surface area contributed by atoms with E-state index in [1.54, 1.807) is 17.2 Å². The largest absolute Gasteiger partial charge is 0.475 e. The molecule has 13 nitrogen and oxygen atoms in total. The maximum Gasteiger partial charge on any atom is 0.236 e. The molecule has 1 atom stereocenters. The number of aryl methyl sites for hydroxylation is 1. The Morgan fingerprint density at radius 2 is 1.78 bits per heavy atom. The molecule has 1 aromatic carbocycles. The Labute approximate surface area is 285 Å². The highest BCUT2D eigenvalue weighted by atomic mass is 16.5. The predicted octanol–water partition coefficient (Wildman–Crippen LogP) is 2.99. The van der Waals surface area contributed by atoms with Crippen molar-refractivity contribution >= 4 is 28.4 Å². The van der Waals surface area contributed by atoms with Crippen molar-refractivity contribution in [2.45, 2.75) is 63.0 Å². The second-order valence-corrected chi connectivity index (χ2v) is 15.4. The van der Waals surface area contributed by atoms with E-state index in [1.807, 2.05) is 55.0 Å². The van der Waals surface area contributed by atoms with Gasteiger partial charge in [-0.1, -0.05) is 0 Å². The molecule has 4 aromatic rings. The van der Waals surface area contributed by atoms with Crippen LogP contribution >= 0.6 is 0 Å². The lowest BCUT2D eigenvalue weighted by atomic mass is 9.38. The smallest absolute Gasteiger partial charge is 0.236 e. The van der Waals surface area contributed by atoms with Gasteiger partial charge in [-0.25, -0.2) is 9.97 Å². The topological polar surface area (TPSA) is 129 Å². The van der Waals surface area contributed by atoms with E-state index in [-0.39, 0.29) is 28.9 Å². The van der Waals surface area contributed by atoms with Crippen LogP contribution in [-0.2, 0) is 22.1 Å². The number of nitrogens with one attached hydrogen (secondary N) is 1. The van der Waals surface area contributed by atoms with Crippen LogP contribution in [0.25, 0.3) is 22.2 Å². The van der Waals surface area contributed by atoms with E-state index < -0.39 is 5.41 Å². The summed E-state index contributed by atoms with van der Waals surface area (Å²) in [6, 6.07) is 9.87. The summed E-state index contributed by atoms with van der Waals surface area (Å²) >= 11 is 0. The Hall–Kier alpha value is -4.36. The van der Waals surface area contributed by atoms with E-state index in [1.165, 1.54) is 0 Å². The number of carbonyl (C=O) groups excluding carboxylic acids is 2. The number of amides is 2. The fourth-order valence-corrected chi connectivity index (χ4v) is 9.37. The van der Waals surface area contributed by atoms with E-state index in [0.717, 1.165) is 98.5 Å². The van der Waals surface area contributed by atoms with Gasteiger partial charge in [0.1, 0.15) is 12.0 Å². The third-order valence-corrected chi connectivity index (χ3v) is 11.9. The number of piperazine rings is 1. The number of benzene rings is 1. The lowest BCUT2D eigenvalue weighted by molar-refractivity contribution is -0.184. The highest BCUT2D eigenvalue weighted by molar-refractivity contribution is 6.03. The van der Waals surface area contributed by atoms with Gasteiger partial charge in [-0.15, -0.1) is 0 Å². The van der Waals surface area contributed by atoms with Gasteiger partial charge in [-0.3, -0.25) is 29.2 Å². The van der Waals surface area contributed by atoms with Crippen molar-refractivity contribution in [3.63, 3.8) is 0 Å².